The van der Waals surface area contributed by atoms with E-state index in [1.54, 1.807) is 0 Å². The summed E-state index contributed by atoms with van der Waals surface area (Å²) in [4.78, 5) is 0. The quantitative estimate of drug-likeness (QED) is 0.872. The van der Waals surface area contributed by atoms with Crippen LogP contribution in [-0.2, 0) is 0 Å². The Bertz CT molecular complexity index is 509. The van der Waals surface area contributed by atoms with Crippen molar-refractivity contribution in [3.05, 3.63) is 35.9 Å². The number of hydrogen-bond acceptors (Lipinski definition) is 3. The van der Waals surface area contributed by atoms with Crippen LogP contribution in [0.1, 0.15) is 31.9 Å². The molecule has 2 aliphatic carbocycles. The summed E-state index contributed by atoms with van der Waals surface area (Å²) in [5.74, 6) is 1.08. The van der Waals surface area contributed by atoms with Gasteiger partial charge >= 0.3 is 0 Å². The van der Waals surface area contributed by atoms with Gasteiger partial charge in [-0.3, -0.25) is 5.32 Å². The Labute approximate surface area is 114 Å². The number of hydrogen-bond donors (Lipinski definition) is 2. The molecule has 1 aromatic rings. The smallest absolute Gasteiger partial charge is 0.113 e. The third-order valence-corrected chi connectivity index (χ3v) is 4.96. The van der Waals surface area contributed by atoms with Crippen LogP contribution in [0.3, 0.4) is 0 Å². The van der Waals surface area contributed by atoms with Crippen molar-refractivity contribution in [1.29, 1.82) is 5.26 Å². The van der Waals surface area contributed by atoms with Crippen molar-refractivity contribution < 1.29 is 5.11 Å². The molecule has 0 heterocycles. The maximum Gasteiger partial charge on any atom is 0.113 e. The fourth-order valence-corrected chi connectivity index (χ4v) is 3.98. The summed E-state index contributed by atoms with van der Waals surface area (Å²) in [5, 5.41) is 23.2. The van der Waals surface area contributed by atoms with Gasteiger partial charge < -0.3 is 5.11 Å². The summed E-state index contributed by atoms with van der Waals surface area (Å²) in [6.45, 7) is 4.22. The van der Waals surface area contributed by atoms with Crippen LogP contribution in [0.25, 0.3) is 0 Å². The maximum atomic E-state index is 10.1. The SMILES string of the molecule is C[C@H]1[C@H]2[C@@H]1[C@@](C#N)(N[C@H](C)c1ccccc1)C[C@@H]2O. The Balaban J connectivity index is 1.80. The Hall–Kier alpha value is -1.37. The molecule has 2 saturated carbocycles. The summed E-state index contributed by atoms with van der Waals surface area (Å²) in [6, 6.07) is 12.7. The second kappa shape index (κ2) is 4.33. The molecule has 2 aliphatic rings. The first-order valence-corrected chi connectivity index (χ1v) is 7.01. The van der Waals surface area contributed by atoms with Crippen LogP contribution in [-0.4, -0.2) is 16.7 Å². The van der Waals surface area contributed by atoms with Gasteiger partial charge in [0.05, 0.1) is 12.2 Å². The molecule has 1 aromatic carbocycles. The number of nitrogens with one attached hydrogen (secondary N) is 1. The first kappa shape index (κ1) is 12.7. The van der Waals surface area contributed by atoms with E-state index in [-0.39, 0.29) is 12.1 Å². The van der Waals surface area contributed by atoms with Gasteiger partial charge in [0.2, 0.25) is 0 Å². The molecule has 0 amide bonds. The molecule has 6 atom stereocenters. The molecule has 0 spiro atoms. The number of benzene rings is 1. The number of nitrogens with zero attached hydrogens (tertiary/aromatic N) is 1. The molecule has 3 heteroatoms. The number of nitriles is 1. The number of aliphatic hydroxyl groups excluding tert-OH is 1. The van der Waals surface area contributed by atoms with Gasteiger partial charge in [0.15, 0.2) is 0 Å². The van der Waals surface area contributed by atoms with Crippen molar-refractivity contribution in [2.24, 2.45) is 17.8 Å². The maximum absolute atomic E-state index is 10.1. The minimum atomic E-state index is -0.557. The molecular weight excluding hydrogens is 236 g/mol. The molecule has 0 unspecified atom stereocenters. The third-order valence-electron chi connectivity index (χ3n) is 4.96. The summed E-state index contributed by atoms with van der Waals surface area (Å²) in [5.41, 5.74) is 0.627. The lowest BCUT2D eigenvalue weighted by atomic mass is 9.90. The molecule has 19 heavy (non-hydrogen) atoms. The van der Waals surface area contributed by atoms with E-state index in [1.807, 2.05) is 18.2 Å². The highest BCUT2D eigenvalue weighted by molar-refractivity contribution is 5.29. The first-order valence-electron chi connectivity index (χ1n) is 7.01. The lowest BCUT2D eigenvalue weighted by Crippen LogP contribution is -2.47. The van der Waals surface area contributed by atoms with E-state index in [0.29, 0.717) is 24.2 Å². The van der Waals surface area contributed by atoms with E-state index in [1.165, 1.54) is 5.56 Å². The van der Waals surface area contributed by atoms with Gasteiger partial charge in [-0.05, 0) is 30.2 Å². The number of rotatable bonds is 3. The topological polar surface area (TPSA) is 56.0 Å². The van der Waals surface area contributed by atoms with E-state index in [2.05, 4.69) is 37.4 Å². The van der Waals surface area contributed by atoms with Crippen molar-refractivity contribution >= 4 is 0 Å². The van der Waals surface area contributed by atoms with E-state index in [4.69, 9.17) is 0 Å². The summed E-state index contributed by atoms with van der Waals surface area (Å²) in [7, 11) is 0. The molecule has 3 nitrogen and oxygen atoms in total. The summed E-state index contributed by atoms with van der Waals surface area (Å²) in [6.07, 6.45) is 0.232. The van der Waals surface area contributed by atoms with Gasteiger partial charge in [0.1, 0.15) is 5.54 Å². The molecule has 0 radical (unpaired) electrons. The average molecular weight is 256 g/mol. The van der Waals surface area contributed by atoms with Gasteiger partial charge in [-0.1, -0.05) is 37.3 Å². The summed E-state index contributed by atoms with van der Waals surface area (Å²) < 4.78 is 0. The van der Waals surface area contributed by atoms with Crippen molar-refractivity contribution in [1.82, 2.24) is 5.32 Å². The van der Waals surface area contributed by atoms with Gasteiger partial charge in [0.25, 0.3) is 0 Å². The van der Waals surface area contributed by atoms with Gasteiger partial charge in [-0.15, -0.1) is 0 Å². The second-order valence-electron chi connectivity index (χ2n) is 6.09. The van der Waals surface area contributed by atoms with Gasteiger partial charge in [0, 0.05) is 12.5 Å². The van der Waals surface area contributed by atoms with Crippen molar-refractivity contribution in [2.45, 2.75) is 38.0 Å². The molecule has 0 aromatic heterocycles. The Morgan fingerprint density at radius 1 is 1.42 bits per heavy atom. The first-order chi connectivity index (χ1) is 9.09. The van der Waals surface area contributed by atoms with Crippen LogP contribution in [0.4, 0.5) is 0 Å². The molecule has 0 saturated heterocycles. The highest BCUT2D eigenvalue weighted by Gasteiger charge is 2.68. The van der Waals surface area contributed by atoms with Crippen LogP contribution >= 0.6 is 0 Å². The fraction of sp³-hybridized carbons (Fsp3) is 0.562. The van der Waals surface area contributed by atoms with Gasteiger partial charge in [-0.25, -0.2) is 0 Å². The zero-order valence-electron chi connectivity index (χ0n) is 11.4. The average Bonchev–Trinajstić information content (AvgIpc) is 3.01. The summed E-state index contributed by atoms with van der Waals surface area (Å²) >= 11 is 0. The predicted octanol–water partition coefficient (Wildman–Crippen LogP) is 2.25. The van der Waals surface area contributed by atoms with E-state index in [0.717, 1.165) is 0 Å². The zero-order chi connectivity index (χ0) is 13.6. The predicted molar refractivity (Wildman–Crippen MR) is 73.1 cm³/mol. The molecule has 100 valence electrons. The molecular formula is C16H20N2O. The molecule has 0 aliphatic heterocycles. The number of fused-ring (bicyclic) bond motifs is 1. The third kappa shape index (κ3) is 1.87. The largest absolute Gasteiger partial charge is 0.393 e. The number of aliphatic hydroxyl groups is 1. The van der Waals surface area contributed by atoms with E-state index in [9.17, 15) is 10.4 Å². The second-order valence-corrected chi connectivity index (χ2v) is 6.09. The van der Waals surface area contributed by atoms with Gasteiger partial charge in [-0.2, -0.15) is 5.26 Å². The van der Waals surface area contributed by atoms with Crippen LogP contribution in [0, 0.1) is 29.1 Å². The van der Waals surface area contributed by atoms with Crippen LogP contribution in [0.2, 0.25) is 0 Å². The molecule has 2 N–H and O–H groups in total. The zero-order valence-corrected chi connectivity index (χ0v) is 11.4. The monoisotopic (exact) mass is 256 g/mol. The minimum Gasteiger partial charge on any atom is -0.393 e. The normalized spacial score (nSPS) is 41.4. The van der Waals surface area contributed by atoms with Crippen LogP contribution < -0.4 is 5.32 Å². The highest BCUT2D eigenvalue weighted by atomic mass is 16.3. The van der Waals surface area contributed by atoms with E-state index < -0.39 is 5.54 Å². The lowest BCUT2D eigenvalue weighted by Gasteiger charge is -2.30. The van der Waals surface area contributed by atoms with Crippen molar-refractivity contribution in [2.75, 3.05) is 0 Å². The van der Waals surface area contributed by atoms with Crippen molar-refractivity contribution in [3.8, 4) is 6.07 Å². The molecule has 0 bridgehead atoms. The standard InChI is InChI=1S/C16H20N2O/c1-10-14-13(19)8-16(9-17,15(10)14)18-11(2)12-6-4-3-5-7-12/h3-7,10-11,13-15,18-19H,8H2,1-2H3/t10-,11+,13-,14+,15+,16+/m0/s1. The van der Waals surface area contributed by atoms with Crippen LogP contribution in [0.15, 0.2) is 30.3 Å². The lowest BCUT2D eigenvalue weighted by molar-refractivity contribution is 0.135. The van der Waals surface area contributed by atoms with E-state index >= 15 is 0 Å². The Kier molecular flexibility index (Phi) is 2.88. The molecule has 2 fully saturated rings. The minimum absolute atomic E-state index is 0.125. The van der Waals surface area contributed by atoms with Crippen molar-refractivity contribution in [3.63, 3.8) is 0 Å². The highest BCUT2D eigenvalue weighted by Crippen LogP contribution is 2.62. The molecule has 3 rings (SSSR count). The Morgan fingerprint density at radius 3 is 2.63 bits per heavy atom. The Morgan fingerprint density at radius 2 is 2.11 bits per heavy atom. The van der Waals surface area contributed by atoms with Crippen LogP contribution in [0.5, 0.6) is 0 Å². The fourth-order valence-electron chi connectivity index (χ4n) is 3.98.